The normalized spacial score (nSPS) is 11.2. The number of rotatable bonds is 7. The molecule has 0 saturated carbocycles. The summed E-state index contributed by atoms with van der Waals surface area (Å²) >= 11 is 0. The van der Waals surface area contributed by atoms with Gasteiger partial charge in [-0.05, 0) is 35.9 Å². The molecule has 1 N–H and O–H groups in total. The van der Waals surface area contributed by atoms with E-state index in [4.69, 9.17) is 4.74 Å². The molecule has 0 aliphatic heterocycles. The molecule has 3 rings (SSSR count). The number of amides is 1. The van der Waals surface area contributed by atoms with E-state index in [1.54, 1.807) is 66.5 Å². The highest BCUT2D eigenvalue weighted by molar-refractivity contribution is 5.93. The number of nitrogens with zero attached hydrogens (tertiary/aromatic N) is 2. The largest absolute Gasteiger partial charge is 0.489 e. The molecule has 0 aliphatic carbocycles. The second-order valence-electron chi connectivity index (χ2n) is 6.27. The molecule has 0 bridgehead atoms. The molecular formula is C23H22FN3O2. The van der Waals surface area contributed by atoms with Gasteiger partial charge in [-0.2, -0.15) is 0 Å². The van der Waals surface area contributed by atoms with Crippen LogP contribution in [-0.4, -0.2) is 17.5 Å². The van der Waals surface area contributed by atoms with Crippen LogP contribution in [0.1, 0.15) is 21.5 Å². The number of nitrogens with one attached hydrogen (secondary N) is 1. The van der Waals surface area contributed by atoms with Crippen LogP contribution < -0.4 is 15.5 Å². The quantitative estimate of drug-likeness (QED) is 0.667. The van der Waals surface area contributed by atoms with Crippen molar-refractivity contribution in [1.29, 1.82) is 0 Å². The first kappa shape index (κ1) is 20.1. The fourth-order valence-corrected chi connectivity index (χ4v) is 2.83. The van der Waals surface area contributed by atoms with Gasteiger partial charge in [0.2, 0.25) is 0 Å². The van der Waals surface area contributed by atoms with Crippen molar-refractivity contribution in [2.24, 2.45) is 4.99 Å². The van der Waals surface area contributed by atoms with Gasteiger partial charge in [0.25, 0.3) is 5.91 Å². The average molecular weight is 391 g/mol. The Bertz CT molecular complexity index is 1070. The smallest absolute Gasteiger partial charge is 0.255 e. The number of carbonyl (C=O) groups excluding carboxylic acids is 1. The van der Waals surface area contributed by atoms with Crippen LogP contribution in [0.2, 0.25) is 0 Å². The summed E-state index contributed by atoms with van der Waals surface area (Å²) in [4.78, 5) is 16.7. The van der Waals surface area contributed by atoms with Crippen LogP contribution in [0.4, 0.5) is 4.39 Å². The topological polar surface area (TPSA) is 55.6 Å². The maximum atomic E-state index is 13.6. The van der Waals surface area contributed by atoms with E-state index in [0.717, 1.165) is 5.56 Å². The average Bonchev–Trinajstić information content (AvgIpc) is 2.77. The summed E-state index contributed by atoms with van der Waals surface area (Å²) in [7, 11) is 1.63. The Hall–Kier alpha value is -3.67. The number of hydrogen-bond acceptors (Lipinski definition) is 3. The van der Waals surface area contributed by atoms with E-state index >= 15 is 0 Å². The summed E-state index contributed by atoms with van der Waals surface area (Å²) in [5.74, 6) is 0.121. The van der Waals surface area contributed by atoms with E-state index in [-0.39, 0.29) is 18.3 Å². The first-order valence-electron chi connectivity index (χ1n) is 9.12. The second-order valence-corrected chi connectivity index (χ2v) is 6.27. The number of hydrogen-bond donors (Lipinski definition) is 1. The Labute approximate surface area is 168 Å². The third kappa shape index (κ3) is 4.99. The summed E-state index contributed by atoms with van der Waals surface area (Å²) in [6.07, 6.45) is 3.38. The van der Waals surface area contributed by atoms with Gasteiger partial charge in [-0.1, -0.05) is 36.9 Å². The predicted molar refractivity (Wildman–Crippen MR) is 111 cm³/mol. The molecule has 0 saturated heterocycles. The number of halogens is 1. The van der Waals surface area contributed by atoms with Gasteiger partial charge in [-0.3, -0.25) is 9.79 Å². The first-order chi connectivity index (χ1) is 14.1. The Morgan fingerprint density at radius 3 is 2.62 bits per heavy atom. The monoisotopic (exact) mass is 391 g/mol. The minimum Gasteiger partial charge on any atom is -0.489 e. The summed E-state index contributed by atoms with van der Waals surface area (Å²) in [6, 6.07) is 17.3. The van der Waals surface area contributed by atoms with Crippen molar-refractivity contribution >= 4 is 12.1 Å². The maximum absolute atomic E-state index is 13.6. The lowest BCUT2D eigenvalue weighted by molar-refractivity contribution is 0.0948. The van der Waals surface area contributed by atoms with E-state index in [0.29, 0.717) is 28.9 Å². The number of ether oxygens (including phenoxy) is 1. The fourth-order valence-electron chi connectivity index (χ4n) is 2.83. The Balaban J connectivity index is 1.60. The number of benzene rings is 2. The highest BCUT2D eigenvalue weighted by atomic mass is 19.1. The molecule has 2 aromatic carbocycles. The van der Waals surface area contributed by atoms with Gasteiger partial charge >= 0.3 is 0 Å². The third-order valence-electron chi connectivity index (χ3n) is 4.38. The number of aromatic nitrogens is 1. The van der Waals surface area contributed by atoms with E-state index < -0.39 is 0 Å². The zero-order valence-electron chi connectivity index (χ0n) is 16.1. The molecule has 3 aromatic rings. The van der Waals surface area contributed by atoms with Crippen LogP contribution in [0.15, 0.2) is 78.4 Å². The first-order valence-corrected chi connectivity index (χ1v) is 9.12. The van der Waals surface area contributed by atoms with Gasteiger partial charge in [-0.15, -0.1) is 0 Å². The van der Waals surface area contributed by atoms with Crippen molar-refractivity contribution in [3.63, 3.8) is 0 Å². The van der Waals surface area contributed by atoms with Gasteiger partial charge in [0.05, 0.1) is 5.56 Å². The fraction of sp³-hybridized carbons (Fsp3) is 0.130. The van der Waals surface area contributed by atoms with Crippen molar-refractivity contribution in [3.05, 3.63) is 101 Å². The molecule has 1 amide bonds. The molecule has 0 spiro atoms. The second kappa shape index (κ2) is 9.50. The Kier molecular flexibility index (Phi) is 6.58. The van der Waals surface area contributed by atoms with Crippen molar-refractivity contribution < 1.29 is 13.9 Å². The standard InChI is InChI=1S/C23H22FN3O2/c1-3-27-14-6-8-20(22(27)25-2)23(28)26-15-17-10-12-19(13-11-17)29-16-18-7-4-5-9-21(18)24/h3-14H,1,15-16H2,2H3,(H,26,28)/b25-22-. The Morgan fingerprint density at radius 1 is 1.17 bits per heavy atom. The highest BCUT2D eigenvalue weighted by Crippen LogP contribution is 2.15. The van der Waals surface area contributed by atoms with Crippen molar-refractivity contribution in [3.8, 4) is 5.75 Å². The van der Waals surface area contributed by atoms with Crippen LogP contribution in [0.3, 0.4) is 0 Å². The molecule has 5 nitrogen and oxygen atoms in total. The van der Waals surface area contributed by atoms with Gasteiger partial charge < -0.3 is 14.6 Å². The van der Waals surface area contributed by atoms with E-state index in [1.165, 1.54) is 6.07 Å². The maximum Gasteiger partial charge on any atom is 0.255 e. The van der Waals surface area contributed by atoms with Crippen molar-refractivity contribution in [2.75, 3.05) is 7.05 Å². The molecule has 0 unspecified atom stereocenters. The zero-order chi connectivity index (χ0) is 20.6. The van der Waals surface area contributed by atoms with Crippen molar-refractivity contribution in [2.45, 2.75) is 13.2 Å². The molecule has 148 valence electrons. The zero-order valence-corrected chi connectivity index (χ0v) is 16.1. The van der Waals surface area contributed by atoms with Gasteiger partial charge in [0.15, 0.2) is 0 Å². The number of pyridine rings is 1. The minimum atomic E-state index is -0.288. The lowest BCUT2D eigenvalue weighted by Crippen LogP contribution is -2.32. The van der Waals surface area contributed by atoms with E-state index in [2.05, 4.69) is 16.9 Å². The highest BCUT2D eigenvalue weighted by Gasteiger charge is 2.09. The SMILES string of the molecule is C=Cn1cccc(C(=O)NCc2ccc(OCc3ccccc3F)cc2)/c1=N/C. The van der Waals surface area contributed by atoms with Crippen LogP contribution in [-0.2, 0) is 13.2 Å². The summed E-state index contributed by atoms with van der Waals surface area (Å²) < 4.78 is 21.0. The predicted octanol–water partition coefficient (Wildman–Crippen LogP) is 3.77. The minimum absolute atomic E-state index is 0.156. The molecule has 1 heterocycles. The van der Waals surface area contributed by atoms with E-state index in [9.17, 15) is 9.18 Å². The van der Waals surface area contributed by atoms with Crippen LogP contribution in [0, 0.1) is 5.82 Å². The molecule has 29 heavy (non-hydrogen) atoms. The van der Waals surface area contributed by atoms with Crippen LogP contribution >= 0.6 is 0 Å². The molecule has 6 heteroatoms. The molecule has 1 aromatic heterocycles. The van der Waals surface area contributed by atoms with Gasteiger partial charge in [0, 0.05) is 31.6 Å². The van der Waals surface area contributed by atoms with E-state index in [1.807, 2.05) is 12.1 Å². The lowest BCUT2D eigenvalue weighted by atomic mass is 10.2. The molecule has 0 radical (unpaired) electrons. The summed E-state index contributed by atoms with van der Waals surface area (Å²) in [6.45, 7) is 4.24. The molecule has 0 aliphatic rings. The number of carbonyl (C=O) groups is 1. The van der Waals surface area contributed by atoms with Gasteiger partial charge in [0.1, 0.15) is 23.7 Å². The molecular weight excluding hydrogens is 369 g/mol. The van der Waals surface area contributed by atoms with Crippen LogP contribution in [0.25, 0.3) is 6.20 Å². The summed E-state index contributed by atoms with van der Waals surface area (Å²) in [5, 5.41) is 2.89. The van der Waals surface area contributed by atoms with Crippen LogP contribution in [0.5, 0.6) is 5.75 Å². The third-order valence-corrected chi connectivity index (χ3v) is 4.38. The summed E-state index contributed by atoms with van der Waals surface area (Å²) in [5.41, 5.74) is 2.43. The van der Waals surface area contributed by atoms with Gasteiger partial charge in [-0.25, -0.2) is 4.39 Å². The molecule has 0 atom stereocenters. The van der Waals surface area contributed by atoms with Crippen molar-refractivity contribution in [1.82, 2.24) is 9.88 Å². The lowest BCUT2D eigenvalue weighted by Gasteiger charge is -2.10. The molecule has 0 fully saturated rings. The Morgan fingerprint density at radius 2 is 1.93 bits per heavy atom.